The van der Waals surface area contributed by atoms with Gasteiger partial charge in [-0.3, -0.25) is 9.69 Å². The maximum Gasteiger partial charge on any atom is 0.181 e. The third-order valence-electron chi connectivity index (χ3n) is 6.95. The summed E-state index contributed by atoms with van der Waals surface area (Å²) in [5.41, 5.74) is 4.60. The van der Waals surface area contributed by atoms with Gasteiger partial charge in [0.1, 0.15) is 12.4 Å². The molecule has 204 valence electrons. The quantitative estimate of drug-likeness (QED) is 0.331. The number of oxazole rings is 1. The van der Waals surface area contributed by atoms with E-state index in [1.54, 1.807) is 0 Å². The third kappa shape index (κ3) is 6.90. The van der Waals surface area contributed by atoms with Crippen LogP contribution in [0.2, 0.25) is 5.02 Å². The lowest BCUT2D eigenvalue weighted by atomic mass is 9.98. The Bertz CT molecular complexity index is 1250. The predicted octanol–water partition coefficient (Wildman–Crippen LogP) is 4.52. The van der Waals surface area contributed by atoms with E-state index in [0.717, 1.165) is 35.5 Å². The van der Waals surface area contributed by atoms with Crippen LogP contribution in [0.25, 0.3) is 0 Å². The summed E-state index contributed by atoms with van der Waals surface area (Å²) in [5, 5.41) is 14.7. The van der Waals surface area contributed by atoms with Crippen molar-refractivity contribution in [3.63, 3.8) is 0 Å². The average Bonchev–Trinajstić information content (AvgIpc) is 3.29. The molecule has 1 atom stereocenters. The van der Waals surface area contributed by atoms with Gasteiger partial charge in [0.25, 0.3) is 0 Å². The Morgan fingerprint density at radius 2 is 2.16 bits per heavy atom. The number of carbonyl (C=O) groups is 1. The van der Waals surface area contributed by atoms with Crippen LogP contribution in [0.15, 0.2) is 47.2 Å². The lowest BCUT2D eigenvalue weighted by Gasteiger charge is -2.31. The molecule has 0 radical (unpaired) electrons. The van der Waals surface area contributed by atoms with Crippen molar-refractivity contribution in [1.29, 1.82) is 0 Å². The van der Waals surface area contributed by atoms with Crippen molar-refractivity contribution in [3.8, 4) is 5.75 Å². The van der Waals surface area contributed by atoms with Gasteiger partial charge in [-0.15, -0.1) is 0 Å². The second kappa shape index (κ2) is 13.0. The maximum absolute atomic E-state index is 12.7. The Morgan fingerprint density at radius 3 is 2.89 bits per heavy atom. The van der Waals surface area contributed by atoms with Crippen molar-refractivity contribution in [2.75, 3.05) is 31.6 Å². The van der Waals surface area contributed by atoms with E-state index in [2.05, 4.69) is 15.2 Å². The second-order valence-corrected chi connectivity index (χ2v) is 10.1. The molecule has 0 unspecified atom stereocenters. The van der Waals surface area contributed by atoms with E-state index in [-0.39, 0.29) is 25.9 Å². The highest BCUT2D eigenvalue weighted by atomic mass is 35.5. The van der Waals surface area contributed by atoms with E-state index in [1.165, 1.54) is 6.39 Å². The summed E-state index contributed by atoms with van der Waals surface area (Å²) in [4.78, 5) is 19.0. The summed E-state index contributed by atoms with van der Waals surface area (Å²) in [5.74, 6) is 1.35. The van der Waals surface area contributed by atoms with Crippen LogP contribution in [0, 0.1) is 6.92 Å². The van der Waals surface area contributed by atoms with Gasteiger partial charge in [0.05, 0.1) is 36.1 Å². The highest BCUT2D eigenvalue weighted by Crippen LogP contribution is 2.34. The first-order valence-electron chi connectivity index (χ1n) is 12.7. The molecule has 0 amide bonds. The van der Waals surface area contributed by atoms with Crippen LogP contribution in [-0.4, -0.2) is 59.2 Å². The third-order valence-corrected chi connectivity index (χ3v) is 7.36. The average molecular weight is 560 g/mol. The summed E-state index contributed by atoms with van der Waals surface area (Å²) >= 11 is 6.67. The van der Waals surface area contributed by atoms with E-state index in [1.807, 2.05) is 43.3 Å². The SMILES string of the molecule is Cc1ncoc1COc1ccc2c(c1Cl)CCN(C[C@@H](O)CCC(=O)c1cccc(NC3COC3)c1)C2.S. The first-order valence-corrected chi connectivity index (χ1v) is 13.0. The number of Topliss-reactive ketones (excluding diaryl/α,β-unsaturated/α-hetero) is 1. The number of aliphatic hydroxyl groups is 1. The largest absolute Gasteiger partial charge is 0.484 e. The Labute approximate surface area is 234 Å². The number of anilines is 1. The zero-order valence-corrected chi connectivity index (χ0v) is 23.2. The Kier molecular flexibility index (Phi) is 9.73. The minimum atomic E-state index is -0.581. The zero-order chi connectivity index (χ0) is 25.8. The molecular weight excluding hydrogens is 526 g/mol. The fourth-order valence-electron chi connectivity index (χ4n) is 4.69. The first kappa shape index (κ1) is 28.4. The van der Waals surface area contributed by atoms with Crippen molar-refractivity contribution in [2.45, 2.75) is 51.5 Å². The number of carbonyl (C=O) groups excluding carboxylic acids is 1. The fourth-order valence-corrected chi connectivity index (χ4v) is 5.03. The van der Waals surface area contributed by atoms with Crippen molar-refractivity contribution in [1.82, 2.24) is 9.88 Å². The standard InChI is InChI=1S/C28H32ClN3O5.H2S/c1-18-27(37-17-30-18)16-36-26-8-5-20-12-32(10-9-24(20)28(26)29)13-23(33)6-7-25(34)19-3-2-4-21(11-19)31-22-14-35-15-22;/h2-5,8,11,17,22-23,31,33H,6-7,9-10,12-16H2,1H3;1H2/t23-;/m0./s1. The number of ketones is 1. The molecule has 5 rings (SSSR count). The zero-order valence-electron chi connectivity index (χ0n) is 21.4. The van der Waals surface area contributed by atoms with Crippen LogP contribution >= 0.6 is 25.1 Å². The number of halogens is 1. The second-order valence-electron chi connectivity index (χ2n) is 9.73. The minimum Gasteiger partial charge on any atom is -0.484 e. The number of benzene rings is 2. The van der Waals surface area contributed by atoms with E-state index in [4.69, 9.17) is 25.5 Å². The van der Waals surface area contributed by atoms with Crippen molar-refractivity contribution in [2.24, 2.45) is 0 Å². The molecule has 3 heterocycles. The van der Waals surface area contributed by atoms with Crippen LogP contribution in [0.5, 0.6) is 5.75 Å². The fraction of sp³-hybridized carbons (Fsp3) is 0.429. The van der Waals surface area contributed by atoms with E-state index >= 15 is 0 Å². The Balaban J connectivity index is 0.00000336. The summed E-state index contributed by atoms with van der Waals surface area (Å²) in [6.07, 6.45) is 2.32. The molecular formula is C28H34ClN3O5S. The van der Waals surface area contributed by atoms with Gasteiger partial charge in [0, 0.05) is 37.3 Å². The molecule has 0 spiro atoms. The molecule has 2 aliphatic heterocycles. The van der Waals surface area contributed by atoms with Crippen LogP contribution in [0.3, 0.4) is 0 Å². The number of ether oxygens (including phenoxy) is 2. The van der Waals surface area contributed by atoms with E-state index < -0.39 is 6.10 Å². The topological polar surface area (TPSA) is 97.1 Å². The van der Waals surface area contributed by atoms with Gasteiger partial charge in [-0.25, -0.2) is 4.98 Å². The van der Waals surface area contributed by atoms with Gasteiger partial charge >= 0.3 is 0 Å². The molecule has 2 aromatic carbocycles. The van der Waals surface area contributed by atoms with Gasteiger partial charge in [-0.1, -0.05) is 29.8 Å². The summed E-state index contributed by atoms with van der Waals surface area (Å²) in [6.45, 7) is 5.51. The molecule has 38 heavy (non-hydrogen) atoms. The van der Waals surface area contributed by atoms with Crippen molar-refractivity contribution >= 4 is 36.6 Å². The van der Waals surface area contributed by atoms with Crippen LogP contribution in [0.1, 0.15) is 45.8 Å². The lowest BCUT2D eigenvalue weighted by Crippen LogP contribution is -2.40. The van der Waals surface area contributed by atoms with Gasteiger partial charge < -0.3 is 24.3 Å². The maximum atomic E-state index is 12.7. The molecule has 1 aromatic heterocycles. The summed E-state index contributed by atoms with van der Waals surface area (Å²) in [7, 11) is 0. The van der Waals surface area contributed by atoms with Crippen LogP contribution in [-0.2, 0) is 24.3 Å². The molecule has 10 heteroatoms. The first-order chi connectivity index (χ1) is 18.0. The number of aliphatic hydroxyl groups excluding tert-OH is 1. The van der Waals surface area contributed by atoms with Crippen molar-refractivity contribution in [3.05, 3.63) is 76.0 Å². The summed E-state index contributed by atoms with van der Waals surface area (Å²) < 4.78 is 16.4. The van der Waals surface area contributed by atoms with Crippen LogP contribution < -0.4 is 10.1 Å². The number of hydrogen-bond donors (Lipinski definition) is 2. The smallest absolute Gasteiger partial charge is 0.181 e. The molecule has 2 N–H and O–H groups in total. The summed E-state index contributed by atoms with van der Waals surface area (Å²) in [6, 6.07) is 11.8. The number of nitrogens with zero attached hydrogens (tertiary/aromatic N) is 2. The Morgan fingerprint density at radius 1 is 1.32 bits per heavy atom. The number of β-amino-alcohol motifs (C(OH)–C–C–N with tert-alkyl or cyclic N) is 1. The van der Waals surface area contributed by atoms with Gasteiger partial charge in [0.15, 0.2) is 17.9 Å². The highest BCUT2D eigenvalue weighted by Gasteiger charge is 2.23. The molecule has 8 nitrogen and oxygen atoms in total. The van der Waals surface area contributed by atoms with E-state index in [9.17, 15) is 9.90 Å². The van der Waals surface area contributed by atoms with Gasteiger partial charge in [-0.2, -0.15) is 13.5 Å². The number of nitrogens with one attached hydrogen (secondary N) is 1. The number of aryl methyl sites for hydroxylation is 1. The van der Waals surface area contributed by atoms with Crippen LogP contribution in [0.4, 0.5) is 5.69 Å². The van der Waals surface area contributed by atoms with Gasteiger partial charge in [0.2, 0.25) is 0 Å². The normalized spacial score (nSPS) is 16.2. The molecule has 3 aromatic rings. The lowest BCUT2D eigenvalue weighted by molar-refractivity contribution is 0.0211. The minimum absolute atomic E-state index is 0. The monoisotopic (exact) mass is 559 g/mol. The Hall–Kier alpha value is -2.56. The molecule has 0 saturated carbocycles. The highest BCUT2D eigenvalue weighted by molar-refractivity contribution is 7.59. The molecule has 1 saturated heterocycles. The van der Waals surface area contributed by atoms with Gasteiger partial charge in [-0.05, 0) is 49.1 Å². The molecule has 1 fully saturated rings. The molecule has 0 bridgehead atoms. The molecule has 0 aliphatic carbocycles. The van der Waals surface area contributed by atoms with E-state index in [0.29, 0.717) is 67.3 Å². The number of hydrogen-bond acceptors (Lipinski definition) is 8. The van der Waals surface area contributed by atoms with Crippen molar-refractivity contribution < 1.29 is 23.8 Å². The number of aromatic nitrogens is 1. The number of rotatable bonds is 11. The number of fused-ring (bicyclic) bond motifs is 1. The predicted molar refractivity (Wildman–Crippen MR) is 151 cm³/mol. The molecule has 2 aliphatic rings.